The highest BCUT2D eigenvalue weighted by Gasteiger charge is 2.38. The molecule has 1 N–H and O–H groups in total. The summed E-state index contributed by atoms with van der Waals surface area (Å²) in [6.45, 7) is 9.43. The first kappa shape index (κ1) is 26.7. The first-order valence-corrected chi connectivity index (χ1v) is 13.9. The van der Waals surface area contributed by atoms with Gasteiger partial charge in [-0.1, -0.05) is 49.2 Å². The SMILES string of the molecule is CCOC(=O)N=C1CCCCC(NCCC2(CC)CN(c3ccc(Cl)c(C)c3)Cc3ccccc32)C1. The van der Waals surface area contributed by atoms with Gasteiger partial charge in [0.15, 0.2) is 0 Å². The second-order valence-electron chi connectivity index (χ2n) is 10.3. The monoisotopic (exact) mass is 509 g/mol. The van der Waals surface area contributed by atoms with Gasteiger partial charge in [-0.15, -0.1) is 0 Å². The van der Waals surface area contributed by atoms with Crippen molar-refractivity contribution in [2.45, 2.75) is 83.7 Å². The predicted octanol–water partition coefficient (Wildman–Crippen LogP) is 7.23. The number of hydrogen-bond acceptors (Lipinski definition) is 4. The number of carbonyl (C=O) groups is 1. The number of ether oxygens (including phenoxy) is 1. The van der Waals surface area contributed by atoms with Crippen LogP contribution in [0.2, 0.25) is 5.02 Å². The van der Waals surface area contributed by atoms with Crippen LogP contribution in [0.1, 0.15) is 75.5 Å². The molecule has 4 rings (SSSR count). The number of anilines is 1. The number of hydrogen-bond donors (Lipinski definition) is 1. The number of fused-ring (bicyclic) bond motifs is 1. The van der Waals surface area contributed by atoms with E-state index in [1.807, 2.05) is 13.0 Å². The van der Waals surface area contributed by atoms with Gasteiger partial charge in [0.25, 0.3) is 0 Å². The Morgan fingerprint density at radius 2 is 2.06 bits per heavy atom. The Bertz CT molecular complexity index is 1090. The average molecular weight is 510 g/mol. The molecule has 194 valence electrons. The fourth-order valence-electron chi connectivity index (χ4n) is 5.87. The summed E-state index contributed by atoms with van der Waals surface area (Å²) < 4.78 is 5.04. The average Bonchev–Trinajstić information content (AvgIpc) is 3.10. The highest BCUT2D eigenvalue weighted by Crippen LogP contribution is 2.41. The van der Waals surface area contributed by atoms with Crippen molar-refractivity contribution in [3.8, 4) is 0 Å². The van der Waals surface area contributed by atoms with Crippen LogP contribution >= 0.6 is 11.6 Å². The van der Waals surface area contributed by atoms with Crippen molar-refractivity contribution in [2.24, 2.45) is 4.99 Å². The summed E-state index contributed by atoms with van der Waals surface area (Å²) in [7, 11) is 0. The second-order valence-corrected chi connectivity index (χ2v) is 10.7. The summed E-state index contributed by atoms with van der Waals surface area (Å²) in [4.78, 5) is 18.7. The maximum absolute atomic E-state index is 11.9. The maximum Gasteiger partial charge on any atom is 0.433 e. The largest absolute Gasteiger partial charge is 0.448 e. The Kier molecular flexibility index (Phi) is 9.08. The summed E-state index contributed by atoms with van der Waals surface area (Å²) in [5.41, 5.74) is 6.30. The molecule has 2 aromatic carbocycles. The normalized spacial score (nSPS) is 23.3. The summed E-state index contributed by atoms with van der Waals surface area (Å²) in [5, 5.41) is 4.65. The number of aryl methyl sites for hydroxylation is 1. The molecule has 1 saturated carbocycles. The fraction of sp³-hybridized carbons (Fsp3) is 0.533. The highest BCUT2D eigenvalue weighted by molar-refractivity contribution is 6.31. The quantitative estimate of drug-likeness (QED) is 0.400. The first-order valence-electron chi connectivity index (χ1n) is 13.5. The van der Waals surface area contributed by atoms with Crippen molar-refractivity contribution >= 4 is 29.1 Å². The number of amides is 1. The summed E-state index contributed by atoms with van der Waals surface area (Å²) in [6.07, 6.45) is 6.76. The van der Waals surface area contributed by atoms with Gasteiger partial charge >= 0.3 is 6.09 Å². The molecule has 2 aromatic rings. The Morgan fingerprint density at radius 1 is 1.22 bits per heavy atom. The summed E-state index contributed by atoms with van der Waals surface area (Å²) in [6, 6.07) is 15.7. The summed E-state index contributed by atoms with van der Waals surface area (Å²) >= 11 is 6.33. The van der Waals surface area contributed by atoms with E-state index in [0.717, 1.165) is 80.9 Å². The van der Waals surface area contributed by atoms with Crippen LogP contribution in [0, 0.1) is 6.92 Å². The number of carbonyl (C=O) groups excluding carboxylic acids is 1. The Labute approximate surface area is 221 Å². The van der Waals surface area contributed by atoms with Crippen molar-refractivity contribution in [3.63, 3.8) is 0 Å². The third-order valence-corrected chi connectivity index (χ3v) is 8.35. The van der Waals surface area contributed by atoms with Gasteiger partial charge in [0, 0.05) is 47.4 Å². The molecule has 5 nitrogen and oxygen atoms in total. The van der Waals surface area contributed by atoms with E-state index in [1.54, 1.807) is 0 Å². The molecular weight excluding hydrogens is 470 g/mol. The highest BCUT2D eigenvalue weighted by atomic mass is 35.5. The minimum absolute atomic E-state index is 0.0714. The lowest BCUT2D eigenvalue weighted by atomic mass is 9.70. The number of nitrogens with one attached hydrogen (secondary N) is 1. The number of aliphatic imine (C=N–C) groups is 1. The lowest BCUT2D eigenvalue weighted by molar-refractivity contribution is 0.163. The van der Waals surface area contributed by atoms with Crippen LogP contribution in [0.4, 0.5) is 10.5 Å². The third-order valence-electron chi connectivity index (χ3n) is 7.93. The van der Waals surface area contributed by atoms with E-state index in [-0.39, 0.29) is 5.41 Å². The van der Waals surface area contributed by atoms with Crippen LogP contribution in [-0.2, 0) is 16.7 Å². The number of benzene rings is 2. The van der Waals surface area contributed by atoms with Crippen LogP contribution in [0.15, 0.2) is 47.5 Å². The zero-order chi connectivity index (χ0) is 25.5. The number of rotatable bonds is 7. The van der Waals surface area contributed by atoms with Gasteiger partial charge in [-0.25, -0.2) is 4.79 Å². The molecule has 36 heavy (non-hydrogen) atoms. The summed E-state index contributed by atoms with van der Waals surface area (Å²) in [5.74, 6) is 0. The zero-order valence-electron chi connectivity index (χ0n) is 22.0. The topological polar surface area (TPSA) is 53.9 Å². The van der Waals surface area contributed by atoms with Crippen molar-refractivity contribution in [1.82, 2.24) is 5.32 Å². The molecule has 1 amide bonds. The van der Waals surface area contributed by atoms with Gasteiger partial charge in [-0.05, 0) is 87.4 Å². The van der Waals surface area contributed by atoms with E-state index < -0.39 is 6.09 Å². The van der Waals surface area contributed by atoms with Crippen LogP contribution in [-0.4, -0.2) is 37.5 Å². The molecule has 1 fully saturated rings. The molecular formula is C30H40ClN3O2. The van der Waals surface area contributed by atoms with Crippen molar-refractivity contribution < 1.29 is 9.53 Å². The van der Waals surface area contributed by atoms with Crippen molar-refractivity contribution in [1.29, 1.82) is 0 Å². The van der Waals surface area contributed by atoms with Gasteiger partial charge in [0.2, 0.25) is 0 Å². The minimum atomic E-state index is -0.450. The van der Waals surface area contributed by atoms with E-state index in [2.05, 4.69) is 65.5 Å². The van der Waals surface area contributed by atoms with Crippen LogP contribution < -0.4 is 10.2 Å². The molecule has 0 saturated heterocycles. The van der Waals surface area contributed by atoms with Crippen LogP contribution in [0.25, 0.3) is 0 Å². The molecule has 1 heterocycles. The Balaban J connectivity index is 1.49. The zero-order valence-corrected chi connectivity index (χ0v) is 22.7. The molecule has 0 aromatic heterocycles. The second kappa shape index (κ2) is 12.2. The smallest absolute Gasteiger partial charge is 0.433 e. The van der Waals surface area contributed by atoms with Gasteiger partial charge < -0.3 is 15.0 Å². The molecule has 2 aliphatic rings. The van der Waals surface area contributed by atoms with E-state index in [4.69, 9.17) is 16.3 Å². The third kappa shape index (κ3) is 6.30. The Hall–Kier alpha value is -2.37. The van der Waals surface area contributed by atoms with Crippen LogP contribution in [0.3, 0.4) is 0 Å². The first-order chi connectivity index (χ1) is 17.4. The standard InChI is InChI=1S/C30H40ClN3O2/c1-4-30(16-17-32-24-11-7-8-12-25(19-24)33-29(35)36-5-2)21-34(20-23-10-6-9-13-27(23)30)26-14-15-28(31)22(3)18-26/h6,9-10,13-15,18,24,32H,4-5,7-8,11-12,16-17,19-21H2,1-3H3. The van der Waals surface area contributed by atoms with E-state index >= 15 is 0 Å². The number of halogens is 1. The van der Waals surface area contributed by atoms with Crippen molar-refractivity contribution in [3.05, 3.63) is 64.2 Å². The molecule has 2 atom stereocenters. The fourth-order valence-corrected chi connectivity index (χ4v) is 5.99. The number of nitrogens with zero attached hydrogens (tertiary/aromatic N) is 2. The molecule has 6 heteroatoms. The minimum Gasteiger partial charge on any atom is -0.448 e. The van der Waals surface area contributed by atoms with Crippen molar-refractivity contribution in [2.75, 3.05) is 24.6 Å². The molecule has 2 unspecified atom stereocenters. The van der Waals surface area contributed by atoms with Crippen LogP contribution in [0.5, 0.6) is 0 Å². The lowest BCUT2D eigenvalue weighted by Gasteiger charge is -2.45. The molecule has 0 spiro atoms. The van der Waals surface area contributed by atoms with Gasteiger partial charge in [-0.2, -0.15) is 4.99 Å². The molecule has 1 aliphatic heterocycles. The van der Waals surface area contributed by atoms with Gasteiger partial charge in [0.05, 0.1) is 6.61 Å². The molecule has 1 aliphatic carbocycles. The van der Waals surface area contributed by atoms with E-state index in [1.165, 1.54) is 16.8 Å². The molecule has 0 radical (unpaired) electrons. The Morgan fingerprint density at radius 3 is 2.83 bits per heavy atom. The van der Waals surface area contributed by atoms with Gasteiger partial charge in [-0.3, -0.25) is 0 Å². The van der Waals surface area contributed by atoms with E-state index in [0.29, 0.717) is 12.6 Å². The van der Waals surface area contributed by atoms with E-state index in [9.17, 15) is 4.79 Å². The lowest BCUT2D eigenvalue weighted by Crippen LogP contribution is -2.47. The molecule has 0 bridgehead atoms. The van der Waals surface area contributed by atoms with Gasteiger partial charge in [0.1, 0.15) is 0 Å². The maximum atomic E-state index is 11.9. The predicted molar refractivity (Wildman–Crippen MR) is 150 cm³/mol.